The second-order valence-corrected chi connectivity index (χ2v) is 8.91. The average Bonchev–Trinajstić information content (AvgIpc) is 3.04. The fraction of sp³-hybridized carbons (Fsp3) is 0.333. The van der Waals surface area contributed by atoms with E-state index in [9.17, 15) is 27.2 Å². The summed E-state index contributed by atoms with van der Waals surface area (Å²) < 4.78 is 42.0. The number of carbonyl (C=O) groups is 1. The molecule has 0 unspecified atom stereocenters. The highest BCUT2D eigenvalue weighted by Crippen LogP contribution is 2.18. The van der Waals surface area contributed by atoms with Crippen LogP contribution < -0.4 is 16.6 Å². The monoisotopic (exact) mass is 437 g/mol. The molecule has 30 heavy (non-hydrogen) atoms. The Balaban J connectivity index is 1.89. The van der Waals surface area contributed by atoms with E-state index in [1.807, 2.05) is 0 Å². The topological polar surface area (TPSA) is 125 Å². The summed E-state index contributed by atoms with van der Waals surface area (Å²) in [6.07, 6.45) is -0.404. The van der Waals surface area contributed by atoms with Gasteiger partial charge in [-0.25, -0.2) is 22.6 Å². The van der Waals surface area contributed by atoms with Crippen molar-refractivity contribution in [1.29, 1.82) is 0 Å². The first kappa shape index (κ1) is 21.4. The number of hydrogen-bond donors (Lipinski definition) is 1. The SMILES string of the molecule is Cc1ccc(F)cc1NC(=O)CCS(=O)(=O)c1nc2c(=O)n(C)c(=O)n(C)c2n1C. The number of nitrogens with zero attached hydrogens (tertiary/aromatic N) is 4. The quantitative estimate of drug-likeness (QED) is 0.609. The number of hydrogen-bond acceptors (Lipinski definition) is 6. The lowest BCUT2D eigenvalue weighted by atomic mass is 10.2. The minimum atomic E-state index is -4.06. The number of aryl methyl sites for hydroxylation is 3. The van der Waals surface area contributed by atoms with Crippen molar-refractivity contribution >= 4 is 32.6 Å². The summed E-state index contributed by atoms with van der Waals surface area (Å²) in [5, 5.41) is 2.05. The van der Waals surface area contributed by atoms with E-state index in [2.05, 4.69) is 10.3 Å². The van der Waals surface area contributed by atoms with Gasteiger partial charge in [-0.05, 0) is 24.6 Å². The van der Waals surface area contributed by atoms with Crippen LogP contribution in [0, 0.1) is 12.7 Å². The molecular formula is C18H20FN5O5S. The molecule has 10 nitrogen and oxygen atoms in total. The van der Waals surface area contributed by atoms with Gasteiger partial charge in [0.2, 0.25) is 20.9 Å². The van der Waals surface area contributed by atoms with Gasteiger partial charge in [-0.3, -0.25) is 18.7 Å². The Hall–Kier alpha value is -3.28. The lowest BCUT2D eigenvalue weighted by molar-refractivity contribution is -0.115. The molecule has 3 aromatic rings. The first-order valence-corrected chi connectivity index (χ1v) is 10.5. The summed E-state index contributed by atoms with van der Waals surface area (Å²) in [5.74, 6) is -1.73. The van der Waals surface area contributed by atoms with Gasteiger partial charge in [0.05, 0.1) is 5.75 Å². The predicted octanol–water partition coefficient (Wildman–Crippen LogP) is 0.221. The Morgan fingerprint density at radius 3 is 2.47 bits per heavy atom. The first-order valence-electron chi connectivity index (χ1n) is 8.85. The zero-order chi connectivity index (χ0) is 22.4. The number of benzene rings is 1. The molecule has 0 spiro atoms. The molecule has 2 heterocycles. The molecule has 1 aromatic carbocycles. The van der Waals surface area contributed by atoms with Gasteiger partial charge >= 0.3 is 5.69 Å². The highest BCUT2D eigenvalue weighted by atomic mass is 32.2. The highest BCUT2D eigenvalue weighted by molar-refractivity contribution is 7.91. The molecule has 160 valence electrons. The third kappa shape index (κ3) is 3.65. The van der Waals surface area contributed by atoms with Crippen molar-refractivity contribution in [2.45, 2.75) is 18.5 Å². The normalized spacial score (nSPS) is 11.8. The van der Waals surface area contributed by atoms with E-state index >= 15 is 0 Å². The number of sulfone groups is 1. The van der Waals surface area contributed by atoms with Crippen LogP contribution in [0.15, 0.2) is 32.9 Å². The van der Waals surface area contributed by atoms with Crippen LogP contribution in [0.5, 0.6) is 0 Å². The van der Waals surface area contributed by atoms with Crippen molar-refractivity contribution in [3.63, 3.8) is 0 Å². The minimum Gasteiger partial charge on any atom is -0.326 e. The van der Waals surface area contributed by atoms with Crippen molar-refractivity contribution in [3.8, 4) is 0 Å². The van der Waals surface area contributed by atoms with Gasteiger partial charge in [0.15, 0.2) is 11.2 Å². The molecule has 3 rings (SSSR count). The average molecular weight is 437 g/mol. The number of carbonyl (C=O) groups excluding carboxylic acids is 1. The molecule has 0 bridgehead atoms. The van der Waals surface area contributed by atoms with Gasteiger partial charge in [-0.15, -0.1) is 0 Å². The van der Waals surface area contributed by atoms with E-state index in [0.29, 0.717) is 5.56 Å². The number of imidazole rings is 1. The molecule has 0 saturated heterocycles. The molecule has 0 saturated carbocycles. The Morgan fingerprint density at radius 2 is 1.80 bits per heavy atom. The molecule has 0 atom stereocenters. The number of rotatable bonds is 5. The van der Waals surface area contributed by atoms with E-state index in [1.165, 1.54) is 33.3 Å². The van der Waals surface area contributed by atoms with Crippen molar-refractivity contribution in [1.82, 2.24) is 18.7 Å². The third-order valence-electron chi connectivity index (χ3n) is 4.77. The maximum absolute atomic E-state index is 13.4. The van der Waals surface area contributed by atoms with Gasteiger partial charge in [-0.2, -0.15) is 0 Å². The van der Waals surface area contributed by atoms with Crippen LogP contribution in [0.25, 0.3) is 11.2 Å². The summed E-state index contributed by atoms with van der Waals surface area (Å²) in [5.41, 5.74) is -0.575. The van der Waals surface area contributed by atoms with E-state index < -0.39 is 50.1 Å². The summed E-state index contributed by atoms with van der Waals surface area (Å²) in [6, 6.07) is 3.88. The lowest BCUT2D eigenvalue weighted by Crippen LogP contribution is -2.37. The molecular weight excluding hydrogens is 417 g/mol. The number of halogens is 1. The second kappa shape index (κ2) is 7.52. The number of nitrogens with one attached hydrogen (secondary N) is 1. The molecule has 0 fully saturated rings. The Labute approximate surface area is 170 Å². The number of fused-ring (bicyclic) bond motifs is 1. The van der Waals surface area contributed by atoms with E-state index in [4.69, 9.17) is 0 Å². The summed E-state index contributed by atoms with van der Waals surface area (Å²) in [4.78, 5) is 40.5. The van der Waals surface area contributed by atoms with Gasteiger partial charge in [0, 0.05) is 33.3 Å². The molecule has 1 amide bonds. The molecule has 0 aliphatic rings. The largest absolute Gasteiger partial charge is 0.332 e. The van der Waals surface area contributed by atoms with Gasteiger partial charge in [0.1, 0.15) is 5.82 Å². The van der Waals surface area contributed by atoms with E-state index in [-0.39, 0.29) is 16.9 Å². The number of amides is 1. The second-order valence-electron chi connectivity index (χ2n) is 6.91. The number of aromatic nitrogens is 4. The highest BCUT2D eigenvalue weighted by Gasteiger charge is 2.26. The smallest absolute Gasteiger partial charge is 0.326 e. The first-order chi connectivity index (χ1) is 13.9. The molecule has 1 N–H and O–H groups in total. The summed E-state index contributed by atoms with van der Waals surface area (Å²) in [7, 11) is -0.0226. The maximum atomic E-state index is 13.4. The lowest BCUT2D eigenvalue weighted by Gasteiger charge is -2.09. The van der Waals surface area contributed by atoms with Crippen LogP contribution >= 0.6 is 0 Å². The zero-order valence-electron chi connectivity index (χ0n) is 16.8. The van der Waals surface area contributed by atoms with Crippen LogP contribution in [0.2, 0.25) is 0 Å². The van der Waals surface area contributed by atoms with Crippen LogP contribution in [0.3, 0.4) is 0 Å². The van der Waals surface area contributed by atoms with E-state index in [1.54, 1.807) is 6.92 Å². The summed E-state index contributed by atoms with van der Waals surface area (Å²) in [6.45, 7) is 1.68. The number of anilines is 1. The van der Waals surface area contributed by atoms with Crippen LogP contribution in [0.4, 0.5) is 10.1 Å². The van der Waals surface area contributed by atoms with Crippen molar-refractivity contribution in [2.24, 2.45) is 21.1 Å². The van der Waals surface area contributed by atoms with Crippen molar-refractivity contribution in [3.05, 3.63) is 50.4 Å². The zero-order valence-corrected chi connectivity index (χ0v) is 17.6. The molecule has 2 aromatic heterocycles. The Bertz CT molecular complexity index is 1400. The fourth-order valence-corrected chi connectivity index (χ4v) is 4.47. The Morgan fingerprint density at radius 1 is 1.13 bits per heavy atom. The van der Waals surface area contributed by atoms with Crippen molar-refractivity contribution < 1.29 is 17.6 Å². The molecule has 0 radical (unpaired) electrons. The van der Waals surface area contributed by atoms with Gasteiger partial charge in [-0.1, -0.05) is 6.07 Å². The Kier molecular flexibility index (Phi) is 5.37. The van der Waals surface area contributed by atoms with Crippen molar-refractivity contribution in [2.75, 3.05) is 11.1 Å². The summed E-state index contributed by atoms with van der Waals surface area (Å²) >= 11 is 0. The molecule has 0 aliphatic carbocycles. The third-order valence-corrected chi connectivity index (χ3v) is 6.44. The molecule has 12 heteroatoms. The van der Waals surface area contributed by atoms with Crippen LogP contribution in [-0.2, 0) is 35.8 Å². The predicted molar refractivity (Wildman–Crippen MR) is 108 cm³/mol. The standard InChI is InChI=1S/C18H20FN5O5S/c1-10-5-6-11(19)9-12(10)20-13(25)7-8-30(28,29)17-21-14-15(22(17)2)23(3)18(27)24(4)16(14)26/h5-6,9H,7-8H2,1-4H3,(H,20,25). The van der Waals surface area contributed by atoms with Crippen LogP contribution in [0.1, 0.15) is 12.0 Å². The maximum Gasteiger partial charge on any atom is 0.332 e. The van der Waals surface area contributed by atoms with E-state index in [0.717, 1.165) is 19.8 Å². The van der Waals surface area contributed by atoms with Gasteiger partial charge < -0.3 is 9.88 Å². The molecule has 0 aliphatic heterocycles. The van der Waals surface area contributed by atoms with Gasteiger partial charge in [0.25, 0.3) is 5.56 Å². The van der Waals surface area contributed by atoms with Crippen LogP contribution in [-0.4, -0.2) is 38.8 Å². The minimum absolute atomic E-state index is 0.0570. The fourth-order valence-electron chi connectivity index (χ4n) is 3.10.